The van der Waals surface area contributed by atoms with Crippen LogP contribution in [-0.4, -0.2) is 60.0 Å². The summed E-state index contributed by atoms with van der Waals surface area (Å²) in [6.45, 7) is 5.78. The van der Waals surface area contributed by atoms with E-state index in [1.165, 1.54) is 11.1 Å². The molecule has 0 unspecified atom stereocenters. The summed E-state index contributed by atoms with van der Waals surface area (Å²) in [7, 11) is 0. The van der Waals surface area contributed by atoms with Crippen molar-refractivity contribution in [3.05, 3.63) is 34.3 Å². The first kappa shape index (κ1) is 16.0. The summed E-state index contributed by atoms with van der Waals surface area (Å²) < 4.78 is 0. The minimum Gasteiger partial charge on any atom is -0.370 e. The minimum atomic E-state index is 0.709. The number of halogens is 1. The third-order valence-corrected chi connectivity index (χ3v) is 5.61. The number of guanidine groups is 1. The molecule has 6 heteroatoms. The van der Waals surface area contributed by atoms with Crippen molar-refractivity contribution in [2.24, 2.45) is 10.7 Å². The van der Waals surface area contributed by atoms with Crippen molar-refractivity contribution in [1.29, 1.82) is 0 Å². The van der Waals surface area contributed by atoms with Gasteiger partial charge in [0.25, 0.3) is 0 Å². The Morgan fingerprint density at radius 2 is 2.09 bits per heavy atom. The largest absolute Gasteiger partial charge is 0.370 e. The highest BCUT2D eigenvalue weighted by Gasteiger charge is 2.18. The van der Waals surface area contributed by atoms with Crippen LogP contribution < -0.4 is 5.73 Å². The van der Waals surface area contributed by atoms with Gasteiger partial charge in [-0.3, -0.25) is 9.89 Å². The minimum absolute atomic E-state index is 0.709. The normalized spacial score (nSPS) is 20.0. The molecule has 0 bridgehead atoms. The highest BCUT2D eigenvalue weighted by atomic mass is 35.5. The Hall–Kier alpha value is -0.910. The average Bonchev–Trinajstić information content (AvgIpc) is 2.56. The number of rotatable bonds is 3. The summed E-state index contributed by atoms with van der Waals surface area (Å²) in [5.41, 5.74) is 8.76. The number of nitrogens with two attached hydrogens (primary N) is 1. The Kier molecular flexibility index (Phi) is 5.50. The van der Waals surface area contributed by atoms with Crippen LogP contribution >= 0.6 is 23.4 Å². The van der Waals surface area contributed by atoms with Gasteiger partial charge in [0.1, 0.15) is 0 Å². The van der Waals surface area contributed by atoms with Crippen molar-refractivity contribution in [2.45, 2.75) is 13.0 Å². The average molecular weight is 339 g/mol. The number of thioether (sulfide) groups is 1. The predicted molar refractivity (Wildman–Crippen MR) is 95.8 cm³/mol. The van der Waals surface area contributed by atoms with E-state index in [4.69, 9.17) is 17.3 Å². The van der Waals surface area contributed by atoms with Crippen molar-refractivity contribution in [2.75, 3.05) is 44.2 Å². The summed E-state index contributed by atoms with van der Waals surface area (Å²) >= 11 is 8.24. The van der Waals surface area contributed by atoms with E-state index in [0.29, 0.717) is 5.96 Å². The Morgan fingerprint density at radius 1 is 1.27 bits per heavy atom. The molecule has 0 atom stereocenters. The molecule has 0 radical (unpaired) electrons. The zero-order chi connectivity index (χ0) is 15.4. The van der Waals surface area contributed by atoms with Crippen LogP contribution in [0.2, 0.25) is 5.02 Å². The topological polar surface area (TPSA) is 44.9 Å². The van der Waals surface area contributed by atoms with Crippen LogP contribution in [-0.2, 0) is 13.0 Å². The third-order valence-electron chi connectivity index (χ3n) is 4.31. The van der Waals surface area contributed by atoms with Crippen molar-refractivity contribution in [3.63, 3.8) is 0 Å². The highest BCUT2D eigenvalue weighted by molar-refractivity contribution is 7.99. The molecule has 0 spiro atoms. The summed E-state index contributed by atoms with van der Waals surface area (Å²) in [6, 6.07) is 6.20. The number of hydrogen-bond acceptors (Lipinski definition) is 3. The maximum atomic E-state index is 6.26. The highest BCUT2D eigenvalue weighted by Crippen LogP contribution is 2.25. The zero-order valence-electron chi connectivity index (χ0n) is 12.8. The van der Waals surface area contributed by atoms with Gasteiger partial charge in [0.15, 0.2) is 5.96 Å². The van der Waals surface area contributed by atoms with Crippen molar-refractivity contribution in [3.8, 4) is 0 Å². The monoisotopic (exact) mass is 338 g/mol. The maximum absolute atomic E-state index is 6.26. The quantitative estimate of drug-likeness (QED) is 0.677. The molecule has 2 aliphatic rings. The van der Waals surface area contributed by atoms with Gasteiger partial charge in [-0.15, -0.1) is 0 Å². The van der Waals surface area contributed by atoms with Crippen LogP contribution in [0.4, 0.5) is 0 Å². The van der Waals surface area contributed by atoms with Crippen LogP contribution in [0.5, 0.6) is 0 Å². The number of nitrogens with zero attached hydrogens (tertiary/aromatic N) is 3. The van der Waals surface area contributed by atoms with E-state index in [9.17, 15) is 0 Å². The molecule has 3 rings (SSSR count). The molecule has 1 fully saturated rings. The second kappa shape index (κ2) is 7.57. The number of aliphatic imine (C=N–C) groups is 1. The molecule has 2 aliphatic heterocycles. The standard InChI is InChI=1S/C16H23ClN4S/c17-15-3-1-2-13-12-20(6-4-14(13)15)7-5-19-16(18)21-8-10-22-11-9-21/h1-3H,4-12H2,(H2,18,19). The molecule has 4 nitrogen and oxygen atoms in total. The Bertz CT molecular complexity index is 543. The number of hydrogen-bond donors (Lipinski definition) is 1. The van der Waals surface area contributed by atoms with Gasteiger partial charge in [-0.1, -0.05) is 23.7 Å². The number of benzene rings is 1. The van der Waals surface area contributed by atoms with Crippen LogP contribution in [0, 0.1) is 0 Å². The first-order valence-electron chi connectivity index (χ1n) is 7.85. The molecule has 2 heterocycles. The SMILES string of the molecule is NC(=NCCN1CCc2c(Cl)cccc2C1)N1CCSCC1. The molecule has 2 N–H and O–H groups in total. The van der Waals surface area contributed by atoms with E-state index in [-0.39, 0.29) is 0 Å². The van der Waals surface area contributed by atoms with Gasteiger partial charge in [0, 0.05) is 49.3 Å². The molecular formula is C16H23ClN4S. The van der Waals surface area contributed by atoms with E-state index in [0.717, 1.165) is 62.2 Å². The molecule has 120 valence electrons. The zero-order valence-corrected chi connectivity index (χ0v) is 14.4. The van der Waals surface area contributed by atoms with Gasteiger partial charge in [-0.05, 0) is 23.6 Å². The molecular weight excluding hydrogens is 316 g/mol. The first-order chi connectivity index (χ1) is 10.7. The number of fused-ring (bicyclic) bond motifs is 1. The second-order valence-electron chi connectivity index (χ2n) is 5.74. The van der Waals surface area contributed by atoms with E-state index in [1.54, 1.807) is 0 Å². The lowest BCUT2D eigenvalue weighted by atomic mass is 10.00. The molecule has 1 saturated heterocycles. The van der Waals surface area contributed by atoms with Gasteiger partial charge in [-0.25, -0.2) is 0 Å². The molecule has 1 aromatic carbocycles. The van der Waals surface area contributed by atoms with Crippen molar-refractivity contribution >= 4 is 29.3 Å². The lowest BCUT2D eigenvalue weighted by Gasteiger charge is -2.29. The maximum Gasteiger partial charge on any atom is 0.191 e. The second-order valence-corrected chi connectivity index (χ2v) is 7.37. The predicted octanol–water partition coefficient (Wildman–Crippen LogP) is 2.06. The summed E-state index contributed by atoms with van der Waals surface area (Å²) in [5.74, 6) is 3.01. The molecule has 0 amide bonds. The lowest BCUT2D eigenvalue weighted by Crippen LogP contribution is -2.43. The lowest BCUT2D eigenvalue weighted by molar-refractivity contribution is 0.261. The van der Waals surface area contributed by atoms with Crippen molar-refractivity contribution < 1.29 is 0 Å². The van der Waals surface area contributed by atoms with E-state index < -0.39 is 0 Å². The third kappa shape index (κ3) is 3.89. The summed E-state index contributed by atoms with van der Waals surface area (Å²) in [6.07, 6.45) is 1.03. The summed E-state index contributed by atoms with van der Waals surface area (Å²) in [4.78, 5) is 9.19. The van der Waals surface area contributed by atoms with Gasteiger partial charge in [0.2, 0.25) is 0 Å². The van der Waals surface area contributed by atoms with Crippen LogP contribution in [0.15, 0.2) is 23.2 Å². The van der Waals surface area contributed by atoms with Gasteiger partial charge < -0.3 is 10.6 Å². The van der Waals surface area contributed by atoms with Crippen LogP contribution in [0.1, 0.15) is 11.1 Å². The van der Waals surface area contributed by atoms with Gasteiger partial charge in [0.05, 0.1) is 6.54 Å². The van der Waals surface area contributed by atoms with Gasteiger partial charge in [-0.2, -0.15) is 11.8 Å². The fraction of sp³-hybridized carbons (Fsp3) is 0.562. The molecule has 0 saturated carbocycles. The van der Waals surface area contributed by atoms with E-state index in [1.807, 2.05) is 23.9 Å². The van der Waals surface area contributed by atoms with Crippen LogP contribution in [0.3, 0.4) is 0 Å². The molecule has 1 aromatic rings. The van der Waals surface area contributed by atoms with Crippen LogP contribution in [0.25, 0.3) is 0 Å². The fourth-order valence-electron chi connectivity index (χ4n) is 3.01. The summed E-state index contributed by atoms with van der Waals surface area (Å²) in [5, 5.41) is 0.905. The van der Waals surface area contributed by atoms with E-state index in [2.05, 4.69) is 20.9 Å². The molecule has 0 aliphatic carbocycles. The Balaban J connectivity index is 1.50. The first-order valence-corrected chi connectivity index (χ1v) is 9.38. The van der Waals surface area contributed by atoms with E-state index >= 15 is 0 Å². The molecule has 0 aromatic heterocycles. The fourth-order valence-corrected chi connectivity index (χ4v) is 4.20. The van der Waals surface area contributed by atoms with Crippen molar-refractivity contribution in [1.82, 2.24) is 9.80 Å². The molecule has 22 heavy (non-hydrogen) atoms. The Morgan fingerprint density at radius 3 is 2.91 bits per heavy atom. The van der Waals surface area contributed by atoms with Gasteiger partial charge >= 0.3 is 0 Å². The Labute approximate surface area is 141 Å². The smallest absolute Gasteiger partial charge is 0.191 e.